The van der Waals surface area contributed by atoms with E-state index < -0.39 is 12.4 Å². The minimum Gasteiger partial charge on any atom is -0.444 e. The Hall–Kier alpha value is -1.50. The number of nitrogens with one attached hydrogen (secondary N) is 1. The molecular formula is C23H40N4O5S2. The number of methoxy groups -OCH3 is 1. The Labute approximate surface area is 212 Å². The normalized spacial score (nSPS) is 12.7. The van der Waals surface area contributed by atoms with Gasteiger partial charge in [-0.1, -0.05) is 30.4 Å². The molecule has 0 aliphatic carbocycles. The van der Waals surface area contributed by atoms with Crippen LogP contribution in [0.2, 0.25) is 0 Å². The number of carbonyl (C=O) groups excluding carboxylic acids is 1. The van der Waals surface area contributed by atoms with Crippen molar-refractivity contribution < 1.29 is 24.1 Å². The summed E-state index contributed by atoms with van der Waals surface area (Å²) in [7, 11) is 8.66. The molecule has 2 N–H and O–H groups in total. The molecule has 1 rings (SSSR count). The van der Waals surface area contributed by atoms with Crippen molar-refractivity contribution in [1.29, 1.82) is 0 Å². The second kappa shape index (κ2) is 18.8. The van der Waals surface area contributed by atoms with Crippen LogP contribution in [0.5, 0.6) is 0 Å². The highest BCUT2D eigenvalue weighted by Gasteiger charge is 2.18. The monoisotopic (exact) mass is 516 g/mol. The summed E-state index contributed by atoms with van der Waals surface area (Å²) in [6.07, 6.45) is 1.86. The van der Waals surface area contributed by atoms with Gasteiger partial charge in [-0.25, -0.2) is 9.78 Å². The molecule has 0 radical (unpaired) electrons. The zero-order valence-electron chi connectivity index (χ0n) is 20.8. The van der Waals surface area contributed by atoms with Crippen molar-refractivity contribution in [2.75, 3.05) is 66.4 Å². The number of amides is 1. The molecule has 194 valence electrons. The molecule has 1 aromatic rings. The number of allylic oxidation sites excluding steroid dienone is 1. The molecule has 0 saturated carbocycles. The van der Waals surface area contributed by atoms with Gasteiger partial charge in [-0.15, -0.1) is 0 Å². The van der Waals surface area contributed by atoms with Crippen LogP contribution in [0, 0.1) is 0 Å². The minimum atomic E-state index is -0.705. The van der Waals surface area contributed by atoms with Crippen LogP contribution in [0.15, 0.2) is 41.7 Å². The van der Waals surface area contributed by atoms with Gasteiger partial charge in [0.2, 0.25) is 0 Å². The second-order valence-electron chi connectivity index (χ2n) is 7.57. The number of aliphatic hydroxyl groups is 1. The van der Waals surface area contributed by atoms with E-state index in [9.17, 15) is 9.90 Å². The topological polar surface area (TPSA) is 96.4 Å². The van der Waals surface area contributed by atoms with Crippen molar-refractivity contribution >= 4 is 27.7 Å². The number of aliphatic hydroxyl groups excluding tert-OH is 1. The largest absolute Gasteiger partial charge is 0.444 e. The molecule has 0 bridgehead atoms. The number of aromatic nitrogens is 1. The van der Waals surface area contributed by atoms with Gasteiger partial charge in [-0.2, -0.15) is 0 Å². The fourth-order valence-electron chi connectivity index (χ4n) is 2.61. The number of hydrogen-bond donors (Lipinski definition) is 2. The summed E-state index contributed by atoms with van der Waals surface area (Å²) < 4.78 is 15.9. The van der Waals surface area contributed by atoms with E-state index in [1.807, 2.05) is 32.2 Å². The van der Waals surface area contributed by atoms with Crippen LogP contribution >= 0.6 is 21.6 Å². The summed E-state index contributed by atoms with van der Waals surface area (Å²) in [6, 6.07) is 5.91. The molecule has 0 spiro atoms. The van der Waals surface area contributed by atoms with Crippen LogP contribution in [0.25, 0.3) is 0 Å². The zero-order chi connectivity index (χ0) is 25.2. The number of likely N-dealkylation sites (N-methyl/N-ethyl adjacent to an activating group) is 2. The first-order valence-corrected chi connectivity index (χ1v) is 13.7. The zero-order valence-corrected chi connectivity index (χ0v) is 22.4. The van der Waals surface area contributed by atoms with Gasteiger partial charge < -0.3 is 34.4 Å². The summed E-state index contributed by atoms with van der Waals surface area (Å²) in [5.41, 5.74) is 1.10. The molecule has 0 aliphatic heterocycles. The Balaban J connectivity index is 2.11. The Morgan fingerprint density at radius 1 is 1.26 bits per heavy atom. The number of carbonyl (C=O) groups is 1. The predicted octanol–water partition coefficient (Wildman–Crippen LogP) is 3.08. The molecule has 9 nitrogen and oxygen atoms in total. The van der Waals surface area contributed by atoms with E-state index in [4.69, 9.17) is 14.2 Å². The van der Waals surface area contributed by atoms with Crippen LogP contribution in [-0.2, 0) is 14.2 Å². The fraction of sp³-hybridized carbons (Fsp3) is 0.652. The minimum absolute atomic E-state index is 0.0326. The van der Waals surface area contributed by atoms with Gasteiger partial charge in [0.05, 0.1) is 12.7 Å². The van der Waals surface area contributed by atoms with Crippen molar-refractivity contribution in [1.82, 2.24) is 20.1 Å². The molecule has 0 aliphatic rings. The van der Waals surface area contributed by atoms with Gasteiger partial charge in [-0.3, -0.25) is 0 Å². The Morgan fingerprint density at radius 2 is 2.00 bits per heavy atom. The molecule has 11 heteroatoms. The average Bonchev–Trinajstić information content (AvgIpc) is 2.86. The Kier molecular flexibility index (Phi) is 16.9. The quantitative estimate of drug-likeness (QED) is 0.162. The molecular weight excluding hydrogens is 476 g/mol. The van der Waals surface area contributed by atoms with Crippen LogP contribution in [0.3, 0.4) is 0 Å². The van der Waals surface area contributed by atoms with Crippen molar-refractivity contribution in [3.05, 3.63) is 36.7 Å². The third-order valence-electron chi connectivity index (χ3n) is 4.96. The number of hydrogen-bond acceptors (Lipinski definition) is 10. The summed E-state index contributed by atoms with van der Waals surface area (Å²) in [5.74, 6) is 0.971. The molecule has 1 heterocycles. The van der Waals surface area contributed by atoms with E-state index in [0.717, 1.165) is 36.0 Å². The molecule has 1 aromatic heterocycles. The number of ether oxygens (including phenoxy) is 3. The first kappa shape index (κ1) is 30.5. The van der Waals surface area contributed by atoms with Gasteiger partial charge in [0, 0.05) is 65.0 Å². The first-order valence-electron chi connectivity index (χ1n) is 11.4. The van der Waals surface area contributed by atoms with E-state index in [1.54, 1.807) is 34.8 Å². The van der Waals surface area contributed by atoms with Gasteiger partial charge in [-0.05, 0) is 35.8 Å². The lowest BCUT2D eigenvalue weighted by Gasteiger charge is -2.24. The van der Waals surface area contributed by atoms with E-state index >= 15 is 0 Å². The summed E-state index contributed by atoms with van der Waals surface area (Å²) in [4.78, 5) is 20.1. The maximum Gasteiger partial charge on any atom is 0.409 e. The first-order chi connectivity index (χ1) is 16.4. The van der Waals surface area contributed by atoms with E-state index in [0.29, 0.717) is 19.5 Å². The van der Waals surface area contributed by atoms with Crippen molar-refractivity contribution in [2.45, 2.75) is 37.2 Å². The lowest BCUT2D eigenvalue weighted by Crippen LogP contribution is -2.38. The van der Waals surface area contributed by atoms with Crippen molar-refractivity contribution in [2.24, 2.45) is 0 Å². The lowest BCUT2D eigenvalue weighted by atomic mass is 10.3. The Bertz CT molecular complexity index is 683. The van der Waals surface area contributed by atoms with Gasteiger partial charge in [0.25, 0.3) is 0 Å². The smallest absolute Gasteiger partial charge is 0.409 e. The van der Waals surface area contributed by atoms with Gasteiger partial charge >= 0.3 is 6.09 Å². The summed E-state index contributed by atoms with van der Waals surface area (Å²) >= 11 is 0. The molecule has 2 unspecified atom stereocenters. The van der Waals surface area contributed by atoms with Crippen molar-refractivity contribution in [3.8, 4) is 0 Å². The van der Waals surface area contributed by atoms with E-state index in [2.05, 4.69) is 21.8 Å². The third-order valence-corrected chi connectivity index (χ3v) is 7.23. The summed E-state index contributed by atoms with van der Waals surface area (Å²) in [5, 5.41) is 13.6. The maximum atomic E-state index is 12.2. The highest BCUT2D eigenvalue weighted by atomic mass is 33.1. The second-order valence-corrected chi connectivity index (χ2v) is 10.0. The maximum absolute atomic E-state index is 12.2. The molecule has 0 fully saturated rings. The van der Waals surface area contributed by atoms with Crippen LogP contribution in [0.1, 0.15) is 19.8 Å². The number of nitrogens with zero attached hydrogens (tertiary/aromatic N) is 3. The molecule has 2 atom stereocenters. The van der Waals surface area contributed by atoms with Crippen LogP contribution in [-0.4, -0.2) is 105 Å². The SMILES string of the molecule is C=C(CCSSc1ccccn1)N(C)CCNCCN(C)C(=O)OCC(OC)OC(CC)CO. The molecule has 1 amide bonds. The third kappa shape index (κ3) is 13.4. The number of rotatable bonds is 19. The van der Waals surface area contributed by atoms with E-state index in [1.165, 1.54) is 12.0 Å². The van der Waals surface area contributed by atoms with Crippen molar-refractivity contribution in [3.63, 3.8) is 0 Å². The fourth-order valence-corrected chi connectivity index (χ4v) is 4.53. The average molecular weight is 517 g/mol. The van der Waals surface area contributed by atoms with E-state index in [-0.39, 0.29) is 19.3 Å². The number of pyridine rings is 1. The molecule has 34 heavy (non-hydrogen) atoms. The van der Waals surface area contributed by atoms with Crippen LogP contribution < -0.4 is 5.32 Å². The Morgan fingerprint density at radius 3 is 2.62 bits per heavy atom. The van der Waals surface area contributed by atoms with Gasteiger partial charge in [0.1, 0.15) is 11.6 Å². The standard InChI is InChI=1S/C23H40N4O5S2/c1-6-20(17-28)32-22(30-5)18-31-23(29)27(4)15-13-24-12-14-26(3)19(2)10-16-33-34-21-9-7-8-11-25-21/h7-9,11,20,22,24,28H,2,6,10,12-18H2,1,3-5H3. The van der Waals surface area contributed by atoms with Gasteiger partial charge in [0.15, 0.2) is 6.29 Å². The summed E-state index contributed by atoms with van der Waals surface area (Å²) in [6.45, 7) is 8.71. The highest BCUT2D eigenvalue weighted by molar-refractivity contribution is 8.76. The highest BCUT2D eigenvalue weighted by Crippen LogP contribution is 2.30. The van der Waals surface area contributed by atoms with Crippen LogP contribution in [0.4, 0.5) is 4.79 Å². The predicted molar refractivity (Wildman–Crippen MR) is 139 cm³/mol. The lowest BCUT2D eigenvalue weighted by molar-refractivity contribution is -0.182. The molecule has 0 aromatic carbocycles. The molecule has 0 saturated heterocycles.